The maximum atomic E-state index is 5.85. The Bertz CT molecular complexity index is 617. The molecule has 0 radical (unpaired) electrons. The summed E-state index contributed by atoms with van der Waals surface area (Å²) in [6.45, 7) is 2.25. The van der Waals surface area contributed by atoms with Crippen LogP contribution in [0.5, 0.6) is 0 Å². The average Bonchev–Trinajstić information content (AvgIpc) is 2.97. The molecule has 4 heteroatoms. The Kier molecular flexibility index (Phi) is 4.10. The molecule has 2 atom stereocenters. The van der Waals surface area contributed by atoms with E-state index < -0.39 is 0 Å². The predicted molar refractivity (Wildman–Crippen MR) is 85.6 cm³/mol. The second-order valence-electron chi connectivity index (χ2n) is 5.45. The largest absolute Gasteiger partial charge is 0.377 e. The first-order valence-corrected chi connectivity index (χ1v) is 7.29. The van der Waals surface area contributed by atoms with E-state index in [4.69, 9.17) is 15.2 Å². The van der Waals surface area contributed by atoms with Crippen LogP contribution in [-0.4, -0.2) is 39.5 Å². The SMILES string of the molecule is COC1CN(c2ccc(CN)c3ccccc23)CC1OC. The summed E-state index contributed by atoms with van der Waals surface area (Å²) in [6, 6.07) is 12.7. The number of fused-ring (bicyclic) bond motifs is 1. The summed E-state index contributed by atoms with van der Waals surface area (Å²) in [6.07, 6.45) is 0.228. The number of benzene rings is 2. The van der Waals surface area contributed by atoms with Crippen molar-refractivity contribution in [3.8, 4) is 0 Å². The van der Waals surface area contributed by atoms with Gasteiger partial charge in [0.1, 0.15) is 12.2 Å². The quantitative estimate of drug-likeness (QED) is 0.935. The van der Waals surface area contributed by atoms with Gasteiger partial charge in [-0.1, -0.05) is 30.3 Å². The molecule has 0 aromatic heterocycles. The van der Waals surface area contributed by atoms with E-state index in [1.807, 2.05) is 0 Å². The molecule has 1 aliphatic heterocycles. The van der Waals surface area contributed by atoms with Gasteiger partial charge >= 0.3 is 0 Å². The molecule has 0 saturated carbocycles. The third-order valence-corrected chi connectivity index (χ3v) is 4.37. The van der Waals surface area contributed by atoms with Crippen molar-refractivity contribution in [3.63, 3.8) is 0 Å². The van der Waals surface area contributed by atoms with Gasteiger partial charge in [0.2, 0.25) is 0 Å². The molecule has 0 spiro atoms. The lowest BCUT2D eigenvalue weighted by molar-refractivity contribution is -0.00461. The molecule has 0 amide bonds. The summed E-state index contributed by atoms with van der Waals surface area (Å²) >= 11 is 0. The number of methoxy groups -OCH3 is 2. The average molecular weight is 286 g/mol. The van der Waals surface area contributed by atoms with E-state index in [2.05, 4.69) is 41.3 Å². The summed E-state index contributed by atoms with van der Waals surface area (Å²) in [7, 11) is 3.49. The Morgan fingerprint density at radius 3 is 2.19 bits per heavy atom. The molecule has 0 aliphatic carbocycles. The fourth-order valence-corrected chi connectivity index (χ4v) is 3.19. The van der Waals surface area contributed by atoms with Crippen LogP contribution in [0.4, 0.5) is 5.69 Å². The topological polar surface area (TPSA) is 47.7 Å². The minimum absolute atomic E-state index is 0.114. The number of nitrogens with zero attached hydrogens (tertiary/aromatic N) is 1. The van der Waals surface area contributed by atoms with Gasteiger partial charge in [0.15, 0.2) is 0 Å². The van der Waals surface area contributed by atoms with Crippen LogP contribution >= 0.6 is 0 Å². The van der Waals surface area contributed by atoms with E-state index in [9.17, 15) is 0 Å². The Morgan fingerprint density at radius 2 is 1.62 bits per heavy atom. The first-order valence-electron chi connectivity index (χ1n) is 7.29. The van der Waals surface area contributed by atoms with Gasteiger partial charge in [-0.2, -0.15) is 0 Å². The van der Waals surface area contributed by atoms with Gasteiger partial charge in [0, 0.05) is 44.9 Å². The van der Waals surface area contributed by atoms with Crippen LogP contribution < -0.4 is 10.6 Å². The minimum Gasteiger partial charge on any atom is -0.377 e. The molecule has 21 heavy (non-hydrogen) atoms. The monoisotopic (exact) mass is 286 g/mol. The standard InChI is InChI=1S/C17H22N2O2/c1-20-16-10-19(11-17(16)21-2)15-8-7-12(9-18)13-5-3-4-6-14(13)15/h3-8,16-17H,9-11,18H2,1-2H3. The normalized spacial score (nSPS) is 22.1. The van der Waals surface area contributed by atoms with Crippen LogP contribution in [0.1, 0.15) is 5.56 Å². The molecule has 1 saturated heterocycles. The van der Waals surface area contributed by atoms with Gasteiger partial charge in [0.25, 0.3) is 0 Å². The van der Waals surface area contributed by atoms with E-state index >= 15 is 0 Å². The Morgan fingerprint density at radius 1 is 1.00 bits per heavy atom. The van der Waals surface area contributed by atoms with Crippen molar-refractivity contribution in [3.05, 3.63) is 42.0 Å². The lowest BCUT2D eigenvalue weighted by Crippen LogP contribution is -2.27. The highest BCUT2D eigenvalue weighted by molar-refractivity contribution is 5.96. The van der Waals surface area contributed by atoms with E-state index in [1.54, 1.807) is 14.2 Å². The van der Waals surface area contributed by atoms with E-state index in [-0.39, 0.29) is 12.2 Å². The highest BCUT2D eigenvalue weighted by Gasteiger charge is 2.33. The second kappa shape index (κ2) is 6.02. The summed E-state index contributed by atoms with van der Waals surface area (Å²) in [5.41, 5.74) is 8.26. The van der Waals surface area contributed by atoms with E-state index in [0.29, 0.717) is 6.54 Å². The smallest absolute Gasteiger partial charge is 0.102 e. The zero-order valence-corrected chi connectivity index (χ0v) is 12.6. The first kappa shape index (κ1) is 14.3. The Labute approximate surface area is 125 Å². The number of nitrogens with two attached hydrogens (primary N) is 1. The van der Waals surface area contributed by atoms with Crippen LogP contribution in [0.2, 0.25) is 0 Å². The van der Waals surface area contributed by atoms with Crippen molar-refractivity contribution in [2.24, 2.45) is 5.73 Å². The lowest BCUT2D eigenvalue weighted by atomic mass is 10.0. The number of ether oxygens (including phenoxy) is 2. The molecule has 2 aromatic carbocycles. The predicted octanol–water partition coefficient (Wildman–Crippen LogP) is 2.15. The highest BCUT2D eigenvalue weighted by Crippen LogP contribution is 2.32. The Hall–Kier alpha value is -1.62. The molecular formula is C17H22N2O2. The third kappa shape index (κ3) is 2.50. The summed E-state index contributed by atoms with van der Waals surface area (Å²) < 4.78 is 11.1. The van der Waals surface area contributed by atoms with Gasteiger partial charge in [0.05, 0.1) is 0 Å². The zero-order valence-electron chi connectivity index (χ0n) is 12.6. The number of hydrogen-bond donors (Lipinski definition) is 1. The van der Waals surface area contributed by atoms with E-state index in [0.717, 1.165) is 13.1 Å². The number of hydrogen-bond acceptors (Lipinski definition) is 4. The fraction of sp³-hybridized carbons (Fsp3) is 0.412. The second-order valence-corrected chi connectivity index (χ2v) is 5.45. The van der Waals surface area contributed by atoms with Crippen molar-refractivity contribution >= 4 is 16.5 Å². The minimum atomic E-state index is 0.114. The highest BCUT2D eigenvalue weighted by atomic mass is 16.5. The summed E-state index contributed by atoms with van der Waals surface area (Å²) in [4.78, 5) is 2.34. The first-order chi connectivity index (χ1) is 10.3. The van der Waals surface area contributed by atoms with Crippen molar-refractivity contribution in [1.29, 1.82) is 0 Å². The molecule has 3 rings (SSSR count). The van der Waals surface area contributed by atoms with Gasteiger partial charge < -0.3 is 20.1 Å². The summed E-state index contributed by atoms with van der Waals surface area (Å²) in [5, 5.41) is 2.47. The Balaban J connectivity index is 2.02. The number of anilines is 1. The molecule has 2 unspecified atom stereocenters. The lowest BCUT2D eigenvalue weighted by Gasteiger charge is -2.21. The third-order valence-electron chi connectivity index (χ3n) is 4.37. The van der Waals surface area contributed by atoms with E-state index in [1.165, 1.54) is 22.0 Å². The molecule has 1 aliphatic rings. The molecule has 1 heterocycles. The van der Waals surface area contributed by atoms with Gasteiger partial charge in [-0.25, -0.2) is 0 Å². The van der Waals surface area contributed by atoms with Crippen LogP contribution in [0.25, 0.3) is 10.8 Å². The van der Waals surface area contributed by atoms with Crippen molar-refractivity contribution in [2.75, 3.05) is 32.2 Å². The maximum absolute atomic E-state index is 5.85. The van der Waals surface area contributed by atoms with Crippen LogP contribution in [0.15, 0.2) is 36.4 Å². The van der Waals surface area contributed by atoms with Crippen molar-refractivity contribution < 1.29 is 9.47 Å². The van der Waals surface area contributed by atoms with Crippen molar-refractivity contribution in [2.45, 2.75) is 18.8 Å². The maximum Gasteiger partial charge on any atom is 0.102 e. The molecule has 2 N–H and O–H groups in total. The fourth-order valence-electron chi connectivity index (χ4n) is 3.19. The molecule has 4 nitrogen and oxygen atoms in total. The molecule has 1 fully saturated rings. The molecule has 0 bridgehead atoms. The van der Waals surface area contributed by atoms with Crippen molar-refractivity contribution in [1.82, 2.24) is 0 Å². The van der Waals surface area contributed by atoms with Crippen LogP contribution in [0.3, 0.4) is 0 Å². The van der Waals surface area contributed by atoms with Gasteiger partial charge in [-0.15, -0.1) is 0 Å². The number of rotatable bonds is 4. The van der Waals surface area contributed by atoms with Gasteiger partial charge in [-0.3, -0.25) is 0 Å². The van der Waals surface area contributed by atoms with Crippen LogP contribution in [0, 0.1) is 0 Å². The molecular weight excluding hydrogens is 264 g/mol. The molecule has 112 valence electrons. The summed E-state index contributed by atoms with van der Waals surface area (Å²) in [5.74, 6) is 0. The zero-order chi connectivity index (χ0) is 14.8. The molecule has 2 aromatic rings. The van der Waals surface area contributed by atoms with Gasteiger partial charge in [-0.05, 0) is 17.0 Å². The van der Waals surface area contributed by atoms with Crippen LogP contribution in [-0.2, 0) is 16.0 Å².